The SMILES string of the molecule is CSc1nc(C)c(CCC(=O)NNC(=O)c2cccs2)c(C)n1. The average molecular weight is 350 g/mol. The van der Waals surface area contributed by atoms with E-state index in [1.807, 2.05) is 20.1 Å². The zero-order valence-electron chi connectivity index (χ0n) is 13.2. The summed E-state index contributed by atoms with van der Waals surface area (Å²) in [6.45, 7) is 3.83. The van der Waals surface area contributed by atoms with E-state index in [4.69, 9.17) is 0 Å². The van der Waals surface area contributed by atoms with Crippen molar-refractivity contribution < 1.29 is 9.59 Å². The summed E-state index contributed by atoms with van der Waals surface area (Å²) in [7, 11) is 0. The average Bonchev–Trinajstić information content (AvgIpc) is 3.06. The van der Waals surface area contributed by atoms with E-state index in [0.717, 1.165) is 22.1 Å². The Morgan fingerprint density at radius 1 is 1.22 bits per heavy atom. The van der Waals surface area contributed by atoms with Crippen LogP contribution in [0.15, 0.2) is 22.7 Å². The van der Waals surface area contributed by atoms with Gasteiger partial charge in [-0.25, -0.2) is 9.97 Å². The fourth-order valence-corrected chi connectivity index (χ4v) is 3.13. The van der Waals surface area contributed by atoms with Crippen molar-refractivity contribution in [1.82, 2.24) is 20.8 Å². The third-order valence-corrected chi connectivity index (χ3v) is 4.66. The first-order valence-electron chi connectivity index (χ1n) is 7.02. The lowest BCUT2D eigenvalue weighted by molar-refractivity contribution is -0.121. The molecule has 0 aliphatic rings. The van der Waals surface area contributed by atoms with Gasteiger partial charge in [0.05, 0.1) is 4.88 Å². The Hall–Kier alpha value is -1.93. The van der Waals surface area contributed by atoms with Crippen LogP contribution in [0.4, 0.5) is 0 Å². The van der Waals surface area contributed by atoms with E-state index in [0.29, 0.717) is 11.3 Å². The third kappa shape index (κ3) is 4.77. The molecule has 0 unspecified atom stereocenters. The molecule has 122 valence electrons. The number of nitrogens with zero attached hydrogens (tertiary/aromatic N) is 2. The van der Waals surface area contributed by atoms with Crippen LogP contribution in [-0.4, -0.2) is 28.0 Å². The third-order valence-electron chi connectivity index (χ3n) is 3.25. The molecule has 6 nitrogen and oxygen atoms in total. The molecule has 0 aliphatic carbocycles. The normalized spacial score (nSPS) is 10.4. The van der Waals surface area contributed by atoms with Gasteiger partial charge in [-0.05, 0) is 43.5 Å². The molecule has 2 amide bonds. The van der Waals surface area contributed by atoms with E-state index in [-0.39, 0.29) is 18.2 Å². The Morgan fingerprint density at radius 2 is 1.91 bits per heavy atom. The first-order chi connectivity index (χ1) is 11.0. The highest BCUT2D eigenvalue weighted by molar-refractivity contribution is 7.98. The summed E-state index contributed by atoms with van der Waals surface area (Å²) in [5.41, 5.74) is 7.58. The van der Waals surface area contributed by atoms with E-state index in [2.05, 4.69) is 20.8 Å². The van der Waals surface area contributed by atoms with Crippen molar-refractivity contribution in [3.8, 4) is 0 Å². The van der Waals surface area contributed by atoms with E-state index >= 15 is 0 Å². The van der Waals surface area contributed by atoms with Crippen LogP contribution in [0.25, 0.3) is 0 Å². The Labute approximate surface area is 143 Å². The lowest BCUT2D eigenvalue weighted by atomic mass is 10.1. The maximum Gasteiger partial charge on any atom is 0.279 e. The minimum Gasteiger partial charge on any atom is -0.273 e. The number of amides is 2. The van der Waals surface area contributed by atoms with Gasteiger partial charge in [-0.2, -0.15) is 0 Å². The first kappa shape index (κ1) is 17.4. The second kappa shape index (κ2) is 8.07. The molecular formula is C15H18N4O2S2. The molecule has 23 heavy (non-hydrogen) atoms. The predicted octanol–water partition coefficient (Wildman–Crippen LogP) is 2.27. The topological polar surface area (TPSA) is 84.0 Å². The molecule has 2 rings (SSSR count). The van der Waals surface area contributed by atoms with Gasteiger partial charge in [0, 0.05) is 17.8 Å². The lowest BCUT2D eigenvalue weighted by Gasteiger charge is -2.10. The maximum atomic E-state index is 11.9. The minimum atomic E-state index is -0.312. The van der Waals surface area contributed by atoms with Crippen molar-refractivity contribution in [2.45, 2.75) is 31.8 Å². The summed E-state index contributed by atoms with van der Waals surface area (Å²) in [6.07, 6.45) is 2.72. The molecule has 0 saturated carbocycles. The molecular weight excluding hydrogens is 332 g/mol. The molecule has 0 aromatic carbocycles. The van der Waals surface area contributed by atoms with Gasteiger partial charge in [-0.3, -0.25) is 20.4 Å². The largest absolute Gasteiger partial charge is 0.279 e. The number of carbonyl (C=O) groups is 2. The summed E-state index contributed by atoms with van der Waals surface area (Å²) in [4.78, 5) is 32.9. The molecule has 2 N–H and O–H groups in total. The number of nitrogens with one attached hydrogen (secondary N) is 2. The second-order valence-electron chi connectivity index (χ2n) is 4.84. The summed E-state index contributed by atoms with van der Waals surface area (Å²) < 4.78 is 0. The van der Waals surface area contributed by atoms with Crippen molar-refractivity contribution in [1.29, 1.82) is 0 Å². The van der Waals surface area contributed by atoms with Crippen LogP contribution in [0.1, 0.15) is 33.0 Å². The predicted molar refractivity (Wildman–Crippen MR) is 91.5 cm³/mol. The summed E-state index contributed by atoms with van der Waals surface area (Å²) >= 11 is 2.81. The number of aryl methyl sites for hydroxylation is 2. The fourth-order valence-electron chi connectivity index (χ4n) is 2.06. The van der Waals surface area contributed by atoms with Crippen molar-refractivity contribution in [3.63, 3.8) is 0 Å². The summed E-state index contributed by atoms with van der Waals surface area (Å²) in [5.74, 6) is -0.559. The summed E-state index contributed by atoms with van der Waals surface area (Å²) in [6, 6.07) is 3.48. The van der Waals surface area contributed by atoms with Gasteiger partial charge in [0.2, 0.25) is 5.91 Å². The van der Waals surface area contributed by atoms with Gasteiger partial charge in [0.15, 0.2) is 5.16 Å². The van der Waals surface area contributed by atoms with Gasteiger partial charge in [-0.15, -0.1) is 11.3 Å². The molecule has 0 spiro atoms. The Morgan fingerprint density at radius 3 is 2.48 bits per heavy atom. The number of aromatic nitrogens is 2. The Balaban J connectivity index is 1.86. The first-order valence-corrected chi connectivity index (χ1v) is 9.12. The Kier molecular flexibility index (Phi) is 6.12. The van der Waals surface area contributed by atoms with Crippen molar-refractivity contribution in [3.05, 3.63) is 39.3 Å². The van der Waals surface area contributed by atoms with E-state index < -0.39 is 0 Å². The minimum absolute atomic E-state index is 0.248. The van der Waals surface area contributed by atoms with Crippen LogP contribution >= 0.6 is 23.1 Å². The molecule has 0 atom stereocenters. The zero-order chi connectivity index (χ0) is 16.8. The molecule has 0 saturated heterocycles. The number of hydrogen-bond donors (Lipinski definition) is 2. The highest BCUT2D eigenvalue weighted by Gasteiger charge is 2.12. The van der Waals surface area contributed by atoms with E-state index in [1.165, 1.54) is 23.1 Å². The molecule has 2 heterocycles. The van der Waals surface area contributed by atoms with Crippen LogP contribution in [0.5, 0.6) is 0 Å². The van der Waals surface area contributed by atoms with Gasteiger partial charge < -0.3 is 0 Å². The van der Waals surface area contributed by atoms with Gasteiger partial charge in [0.25, 0.3) is 5.91 Å². The van der Waals surface area contributed by atoms with Crippen LogP contribution in [0.3, 0.4) is 0 Å². The van der Waals surface area contributed by atoms with Crippen LogP contribution in [0, 0.1) is 13.8 Å². The monoisotopic (exact) mass is 350 g/mol. The number of carbonyl (C=O) groups excluding carboxylic acids is 2. The fraction of sp³-hybridized carbons (Fsp3) is 0.333. The van der Waals surface area contributed by atoms with Crippen molar-refractivity contribution >= 4 is 34.9 Å². The van der Waals surface area contributed by atoms with E-state index in [9.17, 15) is 9.59 Å². The lowest BCUT2D eigenvalue weighted by Crippen LogP contribution is -2.41. The molecule has 2 aromatic rings. The Bertz CT molecular complexity index is 679. The maximum absolute atomic E-state index is 11.9. The number of thioether (sulfide) groups is 1. The standard InChI is InChI=1S/C15H18N4O2S2/c1-9-11(10(2)17-15(16-9)22-3)6-7-13(20)18-19-14(21)12-5-4-8-23-12/h4-5,8H,6-7H2,1-3H3,(H,18,20)(H,19,21). The zero-order valence-corrected chi connectivity index (χ0v) is 14.8. The van der Waals surface area contributed by atoms with Gasteiger partial charge >= 0.3 is 0 Å². The number of rotatable bonds is 5. The quantitative estimate of drug-likeness (QED) is 0.491. The van der Waals surface area contributed by atoms with Crippen LogP contribution in [-0.2, 0) is 11.2 Å². The number of thiophene rings is 1. The number of hydrazine groups is 1. The second-order valence-corrected chi connectivity index (χ2v) is 6.56. The molecule has 0 aliphatic heterocycles. The molecule has 8 heteroatoms. The van der Waals surface area contributed by atoms with Crippen molar-refractivity contribution in [2.75, 3.05) is 6.26 Å². The summed E-state index contributed by atoms with van der Waals surface area (Å²) in [5, 5.41) is 2.54. The molecule has 0 bridgehead atoms. The smallest absolute Gasteiger partial charge is 0.273 e. The molecule has 0 radical (unpaired) electrons. The highest BCUT2D eigenvalue weighted by Crippen LogP contribution is 2.17. The van der Waals surface area contributed by atoms with Crippen molar-refractivity contribution in [2.24, 2.45) is 0 Å². The van der Waals surface area contributed by atoms with Gasteiger partial charge in [-0.1, -0.05) is 17.8 Å². The van der Waals surface area contributed by atoms with E-state index in [1.54, 1.807) is 17.5 Å². The van der Waals surface area contributed by atoms with Crippen LogP contribution < -0.4 is 10.9 Å². The molecule has 2 aromatic heterocycles. The highest BCUT2D eigenvalue weighted by atomic mass is 32.2. The molecule has 0 fully saturated rings. The number of hydrogen-bond acceptors (Lipinski definition) is 6. The van der Waals surface area contributed by atoms with Crippen LogP contribution in [0.2, 0.25) is 0 Å². The van der Waals surface area contributed by atoms with Gasteiger partial charge in [0.1, 0.15) is 0 Å².